The molecule has 1 aromatic heterocycles. The second-order valence-electron chi connectivity index (χ2n) is 14.0. The Bertz CT molecular complexity index is 1750. The summed E-state index contributed by atoms with van der Waals surface area (Å²) in [6.45, 7) is 12.0. The van der Waals surface area contributed by atoms with Crippen LogP contribution in [0.15, 0.2) is 66.7 Å². The molecule has 14 heteroatoms. The number of phenols is 1. The fourth-order valence-electron chi connectivity index (χ4n) is 7.82. The van der Waals surface area contributed by atoms with E-state index in [0.717, 1.165) is 63.3 Å². The van der Waals surface area contributed by atoms with Crippen LogP contribution in [0.3, 0.4) is 0 Å². The van der Waals surface area contributed by atoms with E-state index < -0.39 is 24.1 Å². The van der Waals surface area contributed by atoms with Crippen LogP contribution in [-0.2, 0) is 29.1 Å². The molecule has 4 saturated heterocycles. The Hall–Kier alpha value is -4.79. The second-order valence-corrected chi connectivity index (χ2v) is 14.0. The van der Waals surface area contributed by atoms with Gasteiger partial charge in [0.05, 0.1) is 25.3 Å². The largest absolute Gasteiger partial charge is 0.508 e. The van der Waals surface area contributed by atoms with E-state index in [1.165, 1.54) is 22.0 Å². The Balaban J connectivity index is 1.12. The molecule has 2 atom stereocenters. The summed E-state index contributed by atoms with van der Waals surface area (Å²) in [4.78, 5) is 57.5. The zero-order valence-corrected chi connectivity index (χ0v) is 29.9. The Morgan fingerprint density at radius 1 is 0.942 bits per heavy atom. The number of urea groups is 1. The van der Waals surface area contributed by atoms with Crippen molar-refractivity contribution in [2.45, 2.75) is 51.6 Å². The minimum atomic E-state index is -1.08. The molecular formula is C38H48FN9O4. The molecule has 4 aliphatic heterocycles. The van der Waals surface area contributed by atoms with Crippen LogP contribution in [0.2, 0.25) is 0 Å². The third kappa shape index (κ3) is 7.41. The number of likely N-dealkylation sites (N-methyl/N-ethyl adjacent to an activating group) is 2. The van der Waals surface area contributed by atoms with Gasteiger partial charge in [-0.3, -0.25) is 14.5 Å². The first-order valence-corrected chi connectivity index (χ1v) is 18.3. The van der Waals surface area contributed by atoms with E-state index in [2.05, 4.69) is 26.9 Å². The zero-order chi connectivity index (χ0) is 36.4. The van der Waals surface area contributed by atoms with Crippen LogP contribution in [0.1, 0.15) is 30.7 Å². The third-order valence-corrected chi connectivity index (χ3v) is 10.8. The molecule has 13 nitrogen and oxygen atoms in total. The molecule has 0 radical (unpaired) electrons. The Morgan fingerprint density at radius 2 is 1.71 bits per heavy atom. The molecule has 7 rings (SSSR count). The number of benzene rings is 2. The standard InChI is InChI=1S/C38H48FN9O4/c1-3-42-15-17-43(18-16-42)30-23-44(24-30)34-12-8-11-29(41-34)22-45-25-35-47(33(37(45)51)19-28-13-14-31(49)20-32(28)39)36(50)26-46(4-2)48(35)38(52)40-21-27-9-6-5-7-10-27/h5-14,20,30,33,35,49H,3-4,15-19,21-26H2,1-2H3,(H,40,52)/t33-,35?/m0/s1. The Morgan fingerprint density at radius 3 is 2.42 bits per heavy atom. The number of amides is 4. The Labute approximate surface area is 304 Å². The van der Waals surface area contributed by atoms with Crippen LogP contribution in [0, 0.1) is 5.82 Å². The minimum Gasteiger partial charge on any atom is -0.508 e. The SMILES string of the molecule is CCN1CCN(C2CN(c3cccc(CN4CC5N(C(=O)CN(CC)N5C(=O)NCc5ccccc5)[C@@H](Cc5ccc(O)cc5F)C4=O)n3)C2)CC1. The highest BCUT2D eigenvalue weighted by Crippen LogP contribution is 2.31. The van der Waals surface area contributed by atoms with E-state index in [-0.39, 0.29) is 55.7 Å². The molecule has 1 unspecified atom stereocenters. The van der Waals surface area contributed by atoms with Gasteiger partial charge in [-0.05, 0) is 35.9 Å². The van der Waals surface area contributed by atoms with Gasteiger partial charge >= 0.3 is 6.03 Å². The summed E-state index contributed by atoms with van der Waals surface area (Å²) < 4.78 is 15.1. The van der Waals surface area contributed by atoms with Crippen molar-refractivity contribution in [1.82, 2.24) is 39.9 Å². The van der Waals surface area contributed by atoms with E-state index in [9.17, 15) is 19.5 Å². The number of hydrogen-bond donors (Lipinski definition) is 2. The lowest BCUT2D eigenvalue weighted by Crippen LogP contribution is -2.76. The molecule has 4 fully saturated rings. The topological polar surface area (TPSA) is 119 Å². The first-order chi connectivity index (χ1) is 25.2. The van der Waals surface area contributed by atoms with Crippen LogP contribution >= 0.6 is 0 Å². The highest BCUT2D eigenvalue weighted by atomic mass is 19.1. The van der Waals surface area contributed by atoms with Gasteiger partial charge in [-0.2, -0.15) is 0 Å². The van der Waals surface area contributed by atoms with Crippen molar-refractivity contribution in [2.75, 3.05) is 70.3 Å². The van der Waals surface area contributed by atoms with Crippen LogP contribution in [0.25, 0.3) is 0 Å². The van der Waals surface area contributed by atoms with Crippen LogP contribution in [-0.4, -0.2) is 141 Å². The molecule has 0 bridgehead atoms. The summed E-state index contributed by atoms with van der Waals surface area (Å²) in [5, 5.41) is 16.1. The quantitative estimate of drug-likeness (QED) is 0.327. The number of rotatable bonds is 10. The monoisotopic (exact) mass is 713 g/mol. The Kier molecular flexibility index (Phi) is 10.6. The fraction of sp³-hybridized carbons (Fsp3) is 0.474. The van der Waals surface area contributed by atoms with E-state index in [4.69, 9.17) is 4.98 Å². The molecule has 0 spiro atoms. The van der Waals surface area contributed by atoms with Gasteiger partial charge in [0.15, 0.2) is 0 Å². The first kappa shape index (κ1) is 35.6. The molecule has 52 heavy (non-hydrogen) atoms. The summed E-state index contributed by atoms with van der Waals surface area (Å²) in [7, 11) is 0. The van der Waals surface area contributed by atoms with Gasteiger partial charge in [0, 0.05) is 70.9 Å². The van der Waals surface area contributed by atoms with Crippen molar-refractivity contribution in [3.05, 3.63) is 89.4 Å². The summed E-state index contributed by atoms with van der Waals surface area (Å²) in [6.07, 6.45) is -0.961. The average Bonchev–Trinajstić information content (AvgIpc) is 3.13. The smallest absolute Gasteiger partial charge is 0.334 e. The number of halogens is 1. The van der Waals surface area contributed by atoms with Crippen molar-refractivity contribution in [3.8, 4) is 5.75 Å². The summed E-state index contributed by atoms with van der Waals surface area (Å²) in [6, 6.07) is 18.2. The molecule has 5 heterocycles. The molecule has 276 valence electrons. The first-order valence-electron chi connectivity index (χ1n) is 18.3. The van der Waals surface area contributed by atoms with Crippen molar-refractivity contribution in [2.24, 2.45) is 0 Å². The molecule has 0 saturated carbocycles. The highest BCUT2D eigenvalue weighted by molar-refractivity contribution is 5.91. The minimum absolute atomic E-state index is 0.0514. The van der Waals surface area contributed by atoms with E-state index in [1.54, 1.807) is 9.91 Å². The number of hydrogen-bond acceptors (Lipinski definition) is 9. The average molecular weight is 714 g/mol. The molecule has 0 aliphatic carbocycles. The number of hydrazine groups is 1. The molecular weight excluding hydrogens is 665 g/mol. The normalized spacial score (nSPS) is 22.1. The number of carbonyl (C=O) groups is 3. The van der Waals surface area contributed by atoms with Gasteiger partial charge in [0.1, 0.15) is 29.6 Å². The molecule has 2 N–H and O–H groups in total. The van der Waals surface area contributed by atoms with E-state index in [1.807, 2.05) is 55.5 Å². The van der Waals surface area contributed by atoms with Gasteiger partial charge < -0.3 is 30.0 Å². The maximum absolute atomic E-state index is 15.1. The number of anilines is 1. The van der Waals surface area contributed by atoms with Crippen LogP contribution in [0.5, 0.6) is 5.75 Å². The number of fused-ring (bicyclic) bond motifs is 1. The number of aromatic nitrogens is 1. The van der Waals surface area contributed by atoms with Gasteiger partial charge in [-0.1, -0.05) is 56.3 Å². The van der Waals surface area contributed by atoms with Crippen molar-refractivity contribution in [3.63, 3.8) is 0 Å². The van der Waals surface area contributed by atoms with E-state index in [0.29, 0.717) is 18.3 Å². The number of pyridine rings is 1. The van der Waals surface area contributed by atoms with Gasteiger partial charge in [-0.25, -0.2) is 24.2 Å². The molecule has 3 aromatic rings. The van der Waals surface area contributed by atoms with Crippen molar-refractivity contribution < 1.29 is 23.9 Å². The van der Waals surface area contributed by atoms with Crippen LogP contribution < -0.4 is 10.2 Å². The number of nitrogens with zero attached hydrogens (tertiary/aromatic N) is 8. The second kappa shape index (κ2) is 15.4. The van der Waals surface area contributed by atoms with E-state index >= 15 is 4.39 Å². The zero-order valence-electron chi connectivity index (χ0n) is 29.9. The lowest BCUT2D eigenvalue weighted by molar-refractivity contribution is -0.190. The number of piperazine rings is 2. The molecule has 2 aromatic carbocycles. The molecule has 4 amide bonds. The fourth-order valence-corrected chi connectivity index (χ4v) is 7.82. The number of aromatic hydroxyl groups is 1. The maximum atomic E-state index is 15.1. The maximum Gasteiger partial charge on any atom is 0.334 e. The number of phenolic OH excluding ortho intramolecular Hbond substituents is 1. The summed E-state index contributed by atoms with van der Waals surface area (Å²) in [5.74, 6) is -0.730. The predicted molar refractivity (Wildman–Crippen MR) is 193 cm³/mol. The summed E-state index contributed by atoms with van der Waals surface area (Å²) in [5.41, 5.74) is 1.79. The predicted octanol–water partition coefficient (Wildman–Crippen LogP) is 2.32. The lowest BCUT2D eigenvalue weighted by atomic mass is 9.98. The van der Waals surface area contributed by atoms with Crippen LogP contribution in [0.4, 0.5) is 15.0 Å². The number of carbonyl (C=O) groups excluding carboxylic acids is 3. The molecule has 4 aliphatic rings. The van der Waals surface area contributed by atoms with Gasteiger partial charge in [0.25, 0.3) is 0 Å². The van der Waals surface area contributed by atoms with Gasteiger partial charge in [0.2, 0.25) is 11.8 Å². The summed E-state index contributed by atoms with van der Waals surface area (Å²) >= 11 is 0. The van der Waals surface area contributed by atoms with Crippen molar-refractivity contribution in [1.29, 1.82) is 0 Å². The number of nitrogens with one attached hydrogen (secondary N) is 1. The van der Waals surface area contributed by atoms with Gasteiger partial charge in [-0.15, -0.1) is 0 Å². The third-order valence-electron chi connectivity index (χ3n) is 10.8. The lowest BCUT2D eigenvalue weighted by Gasteiger charge is -2.55. The van der Waals surface area contributed by atoms with Crippen molar-refractivity contribution >= 4 is 23.7 Å². The highest BCUT2D eigenvalue weighted by Gasteiger charge is 2.51.